The lowest BCUT2D eigenvalue weighted by Gasteiger charge is -2.14. The number of nitrogens with one attached hydrogen (secondary N) is 1. The molecule has 4 nitrogen and oxygen atoms in total. The van der Waals surface area contributed by atoms with Crippen molar-refractivity contribution in [3.8, 4) is 0 Å². The molecular formula is C14H12F3N3OS. The van der Waals surface area contributed by atoms with Crippen LogP contribution >= 0.6 is 11.8 Å². The van der Waals surface area contributed by atoms with E-state index in [9.17, 15) is 18.0 Å². The second-order valence-corrected chi connectivity index (χ2v) is 5.13. The van der Waals surface area contributed by atoms with Gasteiger partial charge in [0.05, 0.1) is 22.5 Å². The number of carbonyl (C=O) groups is 1. The fourth-order valence-corrected chi connectivity index (χ4v) is 2.18. The van der Waals surface area contributed by atoms with E-state index in [1.165, 1.54) is 36.2 Å². The van der Waals surface area contributed by atoms with E-state index < -0.39 is 17.6 Å². The average Bonchev–Trinajstić information content (AvgIpc) is 2.46. The first-order valence-electron chi connectivity index (χ1n) is 6.18. The lowest BCUT2D eigenvalue weighted by Crippen LogP contribution is -2.18. The van der Waals surface area contributed by atoms with Crippen LogP contribution in [0.1, 0.15) is 21.6 Å². The largest absolute Gasteiger partial charge is 0.418 e. The smallest absolute Gasteiger partial charge is 0.321 e. The van der Waals surface area contributed by atoms with Gasteiger partial charge in [-0.15, -0.1) is 0 Å². The Hall–Kier alpha value is -2.09. The summed E-state index contributed by atoms with van der Waals surface area (Å²) in [6.45, 7) is 1.60. The number of halogens is 3. The summed E-state index contributed by atoms with van der Waals surface area (Å²) >= 11 is 1.31. The van der Waals surface area contributed by atoms with Crippen LogP contribution in [0.25, 0.3) is 0 Å². The molecule has 0 fully saturated rings. The van der Waals surface area contributed by atoms with Crippen LogP contribution in [0, 0.1) is 6.92 Å². The van der Waals surface area contributed by atoms with Gasteiger partial charge in [0, 0.05) is 6.20 Å². The summed E-state index contributed by atoms with van der Waals surface area (Å²) in [6.07, 6.45) is -1.45. The monoisotopic (exact) mass is 327 g/mol. The van der Waals surface area contributed by atoms with Crippen LogP contribution < -0.4 is 5.32 Å². The first-order chi connectivity index (χ1) is 10.3. The van der Waals surface area contributed by atoms with Crippen LogP contribution in [-0.2, 0) is 6.18 Å². The summed E-state index contributed by atoms with van der Waals surface area (Å²) in [5, 5.41) is 2.76. The molecule has 0 bridgehead atoms. The van der Waals surface area contributed by atoms with Crippen molar-refractivity contribution in [3.63, 3.8) is 0 Å². The van der Waals surface area contributed by atoms with E-state index in [1.807, 2.05) is 0 Å². The minimum Gasteiger partial charge on any atom is -0.321 e. The van der Waals surface area contributed by atoms with Crippen molar-refractivity contribution < 1.29 is 18.0 Å². The van der Waals surface area contributed by atoms with Crippen LogP contribution in [0.15, 0.2) is 35.6 Å². The van der Waals surface area contributed by atoms with Crippen molar-refractivity contribution in [2.75, 3.05) is 11.6 Å². The SMILES string of the molecule is CSc1ncc(C(=O)Nc2ccccc2C(F)(F)F)c(C)n1. The highest BCUT2D eigenvalue weighted by molar-refractivity contribution is 7.98. The van der Waals surface area contributed by atoms with Crippen LogP contribution in [-0.4, -0.2) is 22.1 Å². The predicted molar refractivity (Wildman–Crippen MR) is 77.9 cm³/mol. The van der Waals surface area contributed by atoms with Crippen molar-refractivity contribution in [2.45, 2.75) is 18.3 Å². The molecule has 0 aliphatic heterocycles. The Kier molecular flexibility index (Phi) is 4.70. The Balaban J connectivity index is 2.30. The van der Waals surface area contributed by atoms with Crippen molar-refractivity contribution in [1.82, 2.24) is 9.97 Å². The second kappa shape index (κ2) is 6.35. The fourth-order valence-electron chi connectivity index (χ4n) is 1.80. The van der Waals surface area contributed by atoms with Gasteiger partial charge in [-0.05, 0) is 25.3 Å². The molecule has 0 aliphatic carbocycles. The van der Waals surface area contributed by atoms with Gasteiger partial charge in [0.1, 0.15) is 0 Å². The zero-order valence-electron chi connectivity index (χ0n) is 11.7. The number of rotatable bonds is 3. The number of aryl methyl sites for hydroxylation is 1. The summed E-state index contributed by atoms with van der Waals surface area (Å²) in [6, 6.07) is 4.80. The normalized spacial score (nSPS) is 11.3. The number of anilines is 1. The molecule has 0 unspecified atom stereocenters. The molecule has 0 radical (unpaired) electrons. The number of carbonyl (C=O) groups excluding carboxylic acids is 1. The molecule has 116 valence electrons. The molecule has 0 saturated carbocycles. The zero-order valence-corrected chi connectivity index (χ0v) is 12.5. The van der Waals surface area contributed by atoms with E-state index in [1.54, 1.807) is 13.2 Å². The van der Waals surface area contributed by atoms with Crippen molar-refractivity contribution >= 4 is 23.4 Å². The summed E-state index contributed by atoms with van der Waals surface area (Å²) in [4.78, 5) is 20.2. The molecule has 0 atom stereocenters. The highest BCUT2D eigenvalue weighted by atomic mass is 32.2. The standard InChI is InChI=1S/C14H12F3N3OS/c1-8-9(7-18-13(19-8)22-2)12(21)20-11-6-4-3-5-10(11)14(15,16)17/h3-7H,1-2H3,(H,20,21). The number of benzene rings is 1. The molecule has 0 aliphatic rings. The second-order valence-electron chi connectivity index (χ2n) is 4.35. The summed E-state index contributed by atoms with van der Waals surface area (Å²) in [7, 11) is 0. The van der Waals surface area contributed by atoms with Gasteiger partial charge >= 0.3 is 6.18 Å². The number of nitrogens with zero attached hydrogens (tertiary/aromatic N) is 2. The first kappa shape index (κ1) is 16.3. The summed E-state index contributed by atoms with van der Waals surface area (Å²) in [5.74, 6) is -0.679. The summed E-state index contributed by atoms with van der Waals surface area (Å²) < 4.78 is 38.7. The predicted octanol–water partition coefficient (Wildman–Crippen LogP) is 3.78. The topological polar surface area (TPSA) is 54.9 Å². The molecule has 22 heavy (non-hydrogen) atoms. The Labute approximate surface area is 129 Å². The number of aromatic nitrogens is 2. The van der Waals surface area contributed by atoms with Crippen LogP contribution in [0.5, 0.6) is 0 Å². The van der Waals surface area contributed by atoms with E-state index >= 15 is 0 Å². The maximum Gasteiger partial charge on any atom is 0.418 e. The average molecular weight is 327 g/mol. The van der Waals surface area contributed by atoms with Gasteiger partial charge in [-0.2, -0.15) is 13.2 Å². The minimum atomic E-state index is -4.54. The number of hydrogen-bond donors (Lipinski definition) is 1. The van der Waals surface area contributed by atoms with Crippen LogP contribution in [0.2, 0.25) is 0 Å². The van der Waals surface area contributed by atoms with Crippen molar-refractivity contribution in [1.29, 1.82) is 0 Å². The third-order valence-corrected chi connectivity index (χ3v) is 3.43. The number of para-hydroxylation sites is 1. The maximum absolute atomic E-state index is 12.9. The lowest BCUT2D eigenvalue weighted by molar-refractivity contribution is -0.136. The maximum atomic E-state index is 12.9. The Morgan fingerprint density at radius 1 is 1.27 bits per heavy atom. The zero-order chi connectivity index (χ0) is 16.3. The highest BCUT2D eigenvalue weighted by Crippen LogP contribution is 2.34. The molecule has 0 saturated heterocycles. The molecule has 1 N–H and O–H groups in total. The Morgan fingerprint density at radius 2 is 1.95 bits per heavy atom. The lowest BCUT2D eigenvalue weighted by atomic mass is 10.1. The molecule has 2 rings (SSSR count). The number of amides is 1. The molecule has 1 aromatic heterocycles. The van der Waals surface area contributed by atoms with E-state index in [-0.39, 0.29) is 11.3 Å². The molecule has 1 amide bonds. The molecule has 2 aromatic rings. The fraction of sp³-hybridized carbons (Fsp3) is 0.214. The van der Waals surface area contributed by atoms with E-state index in [2.05, 4.69) is 15.3 Å². The van der Waals surface area contributed by atoms with Crippen molar-refractivity contribution in [3.05, 3.63) is 47.3 Å². The quantitative estimate of drug-likeness (QED) is 0.688. The van der Waals surface area contributed by atoms with E-state index in [4.69, 9.17) is 0 Å². The molecule has 1 heterocycles. The van der Waals surface area contributed by atoms with Gasteiger partial charge in [-0.25, -0.2) is 9.97 Å². The Morgan fingerprint density at radius 3 is 2.55 bits per heavy atom. The van der Waals surface area contributed by atoms with E-state index in [0.29, 0.717) is 10.9 Å². The third kappa shape index (κ3) is 3.56. The van der Waals surface area contributed by atoms with Crippen molar-refractivity contribution in [2.24, 2.45) is 0 Å². The number of hydrogen-bond acceptors (Lipinski definition) is 4. The number of alkyl halides is 3. The summed E-state index contributed by atoms with van der Waals surface area (Å²) in [5.41, 5.74) is -0.660. The molecule has 0 spiro atoms. The van der Waals surface area contributed by atoms with Gasteiger partial charge in [0.25, 0.3) is 5.91 Å². The number of thioether (sulfide) groups is 1. The van der Waals surface area contributed by atoms with Gasteiger partial charge in [-0.1, -0.05) is 23.9 Å². The molecular weight excluding hydrogens is 315 g/mol. The third-order valence-electron chi connectivity index (χ3n) is 2.87. The van der Waals surface area contributed by atoms with E-state index in [0.717, 1.165) is 6.07 Å². The molecule has 8 heteroatoms. The highest BCUT2D eigenvalue weighted by Gasteiger charge is 2.33. The molecule has 1 aromatic carbocycles. The van der Waals surface area contributed by atoms with Gasteiger partial charge in [-0.3, -0.25) is 4.79 Å². The van der Waals surface area contributed by atoms with Gasteiger partial charge in [0.15, 0.2) is 5.16 Å². The van der Waals surface area contributed by atoms with Crippen LogP contribution in [0.3, 0.4) is 0 Å². The first-order valence-corrected chi connectivity index (χ1v) is 7.40. The Bertz CT molecular complexity index is 704. The van der Waals surface area contributed by atoms with Gasteiger partial charge < -0.3 is 5.32 Å². The van der Waals surface area contributed by atoms with Gasteiger partial charge in [0.2, 0.25) is 0 Å². The van der Waals surface area contributed by atoms with Crippen LogP contribution in [0.4, 0.5) is 18.9 Å². The minimum absolute atomic E-state index is 0.134.